The van der Waals surface area contributed by atoms with Crippen LogP contribution in [0.25, 0.3) is 0 Å². The highest BCUT2D eigenvalue weighted by Crippen LogP contribution is 2.38. The number of carbonyl (C=O) groups excluding carboxylic acids is 2. The summed E-state index contributed by atoms with van der Waals surface area (Å²) in [6, 6.07) is 0. The van der Waals surface area contributed by atoms with E-state index >= 15 is 0 Å². The van der Waals surface area contributed by atoms with Crippen LogP contribution >= 0.6 is 7.82 Å². The van der Waals surface area contributed by atoms with Crippen LogP contribution in [0.15, 0.2) is 109 Å². The van der Waals surface area contributed by atoms with Gasteiger partial charge >= 0.3 is 11.9 Å². The molecule has 0 aromatic carbocycles. The van der Waals surface area contributed by atoms with E-state index in [1.165, 1.54) is 77.0 Å². The zero-order valence-electron chi connectivity index (χ0n) is 45.9. The summed E-state index contributed by atoms with van der Waals surface area (Å²) < 4.78 is 34.0. The van der Waals surface area contributed by atoms with Gasteiger partial charge in [-0.05, 0) is 83.5 Å². The summed E-state index contributed by atoms with van der Waals surface area (Å²) in [7, 11) is 1.15. The lowest BCUT2D eigenvalue weighted by atomic mass is 10.0. The molecule has 0 rings (SSSR count). The second-order valence-electron chi connectivity index (χ2n) is 19.6. The van der Waals surface area contributed by atoms with Gasteiger partial charge in [0.15, 0.2) is 6.10 Å². The van der Waals surface area contributed by atoms with Crippen molar-refractivity contribution in [2.45, 2.75) is 219 Å². The highest BCUT2D eigenvalue weighted by atomic mass is 31.2. The van der Waals surface area contributed by atoms with Crippen LogP contribution in [0.5, 0.6) is 0 Å². The molecule has 9 nitrogen and oxygen atoms in total. The molecule has 0 heterocycles. The summed E-state index contributed by atoms with van der Waals surface area (Å²) in [6.45, 7) is 4.09. The lowest BCUT2D eigenvalue weighted by Crippen LogP contribution is -2.37. The number of nitrogens with zero attached hydrogens (tertiary/aromatic N) is 1. The molecule has 0 radical (unpaired) electrons. The van der Waals surface area contributed by atoms with Crippen molar-refractivity contribution in [1.29, 1.82) is 0 Å². The van der Waals surface area contributed by atoms with Crippen molar-refractivity contribution >= 4 is 19.8 Å². The van der Waals surface area contributed by atoms with E-state index in [4.69, 9.17) is 18.5 Å². The molecule has 2 atom stereocenters. The first-order chi connectivity index (χ1) is 34.5. The Morgan fingerprint density at radius 1 is 0.451 bits per heavy atom. The van der Waals surface area contributed by atoms with E-state index in [2.05, 4.69) is 123 Å². The van der Waals surface area contributed by atoms with E-state index in [9.17, 15) is 19.0 Å². The Morgan fingerprint density at radius 3 is 1.20 bits per heavy atom. The minimum Gasteiger partial charge on any atom is -0.756 e. The van der Waals surface area contributed by atoms with E-state index in [0.29, 0.717) is 17.4 Å². The zero-order chi connectivity index (χ0) is 52.0. The second-order valence-corrected chi connectivity index (χ2v) is 21.0. The number of carbonyl (C=O) groups is 2. The summed E-state index contributed by atoms with van der Waals surface area (Å²) >= 11 is 0. The van der Waals surface area contributed by atoms with Crippen LogP contribution in [0.2, 0.25) is 0 Å². The SMILES string of the molecule is CC/C=C\C/C=C\C/C=C\C/C=C\C/C=C\C/C=C\C/C=C\C/C=C\C/C=C\CCCCCCCCCC(=O)OC(COC(=O)CCCCCCCCCCCCCC)COP(=O)([O-])OCC[N+](C)(C)C. The Bertz CT molecular complexity index is 1570. The number of esters is 2. The van der Waals surface area contributed by atoms with Gasteiger partial charge in [-0.1, -0.05) is 226 Å². The highest BCUT2D eigenvalue weighted by molar-refractivity contribution is 7.45. The summed E-state index contributed by atoms with van der Waals surface area (Å²) in [5, 5.41) is 0. The van der Waals surface area contributed by atoms with Gasteiger partial charge in [-0.25, -0.2) is 0 Å². The van der Waals surface area contributed by atoms with Crippen molar-refractivity contribution in [2.75, 3.05) is 47.5 Å². The number of allylic oxidation sites excluding steroid dienone is 18. The Balaban J connectivity index is 4.16. The van der Waals surface area contributed by atoms with Gasteiger partial charge in [0, 0.05) is 12.8 Å². The van der Waals surface area contributed by atoms with Gasteiger partial charge in [-0.2, -0.15) is 0 Å². The molecule has 0 amide bonds. The maximum Gasteiger partial charge on any atom is 0.306 e. The largest absolute Gasteiger partial charge is 0.756 e. The van der Waals surface area contributed by atoms with Crippen molar-refractivity contribution in [2.24, 2.45) is 0 Å². The van der Waals surface area contributed by atoms with Gasteiger partial charge < -0.3 is 27.9 Å². The Hall–Kier alpha value is -3.33. The average molecular weight is 1010 g/mol. The molecule has 0 saturated heterocycles. The molecule has 0 saturated carbocycles. The van der Waals surface area contributed by atoms with Crippen molar-refractivity contribution in [1.82, 2.24) is 0 Å². The van der Waals surface area contributed by atoms with Crippen molar-refractivity contribution in [3.63, 3.8) is 0 Å². The monoisotopic (exact) mass is 1010 g/mol. The maximum absolute atomic E-state index is 12.8. The normalized spacial score (nSPS) is 14.2. The number of hydrogen-bond donors (Lipinski definition) is 0. The number of phosphoric acid groups is 1. The van der Waals surface area contributed by atoms with Crippen LogP contribution < -0.4 is 4.89 Å². The maximum atomic E-state index is 12.8. The topological polar surface area (TPSA) is 111 Å². The van der Waals surface area contributed by atoms with Gasteiger partial charge in [-0.15, -0.1) is 0 Å². The molecule has 0 aromatic rings. The summed E-state index contributed by atoms with van der Waals surface area (Å²) in [5.41, 5.74) is 0. The number of ether oxygens (including phenoxy) is 2. The number of hydrogen-bond acceptors (Lipinski definition) is 8. The minimum atomic E-state index is -4.64. The Morgan fingerprint density at radius 2 is 0.803 bits per heavy atom. The average Bonchev–Trinajstić information content (AvgIpc) is 3.33. The van der Waals surface area contributed by atoms with E-state index in [0.717, 1.165) is 103 Å². The van der Waals surface area contributed by atoms with Crippen LogP contribution in [0.4, 0.5) is 0 Å². The van der Waals surface area contributed by atoms with Gasteiger partial charge in [0.25, 0.3) is 7.82 Å². The summed E-state index contributed by atoms with van der Waals surface area (Å²) in [4.78, 5) is 37.7. The molecule has 10 heteroatoms. The smallest absolute Gasteiger partial charge is 0.306 e. The quantitative estimate of drug-likeness (QED) is 0.0195. The fourth-order valence-corrected chi connectivity index (χ4v) is 7.96. The molecule has 0 N–H and O–H groups in total. The number of unbranched alkanes of at least 4 members (excludes halogenated alkanes) is 18. The van der Waals surface area contributed by atoms with E-state index < -0.39 is 26.5 Å². The molecule has 0 fully saturated rings. The highest BCUT2D eigenvalue weighted by Gasteiger charge is 2.21. The molecule has 0 bridgehead atoms. The molecule has 0 spiro atoms. The van der Waals surface area contributed by atoms with Crippen LogP contribution in [0.3, 0.4) is 0 Å². The van der Waals surface area contributed by atoms with Gasteiger partial charge in [0.2, 0.25) is 0 Å². The standard InChI is InChI=1S/C61H104NO8P/c1-6-8-10-12-14-16-18-20-21-22-23-24-25-26-27-28-29-30-31-32-33-34-35-36-37-38-39-40-41-42-44-46-48-50-52-54-61(64)70-59(58-69-71(65,66)68-56-55-62(3,4)5)57-67-60(63)53-51-49-47-45-43-19-17-15-13-11-9-7-2/h8,10,14,16,20-21,23-24,26-27,29-30,32-33,35-36,38-39,59H,6-7,9,11-13,15,17-19,22,25,28,31,34,37,40-58H2,1-5H3/b10-8-,16-14-,21-20-,24-23-,27-26-,30-29-,33-32-,36-35-,39-38-. The summed E-state index contributed by atoms with van der Waals surface area (Å²) in [6.07, 6.45) is 71.3. The first kappa shape index (κ1) is 67.7. The number of quaternary nitrogens is 1. The zero-order valence-corrected chi connectivity index (χ0v) is 46.8. The van der Waals surface area contributed by atoms with Crippen LogP contribution in [0, 0.1) is 0 Å². The number of rotatable bonds is 50. The minimum absolute atomic E-state index is 0.0373. The third-order valence-corrected chi connectivity index (χ3v) is 12.5. The van der Waals surface area contributed by atoms with Crippen LogP contribution in [-0.4, -0.2) is 70.0 Å². The molecular formula is C61H104NO8P. The molecule has 2 unspecified atom stereocenters. The number of phosphoric ester groups is 1. The van der Waals surface area contributed by atoms with Crippen molar-refractivity contribution in [3.8, 4) is 0 Å². The van der Waals surface area contributed by atoms with Crippen LogP contribution in [0.1, 0.15) is 213 Å². The fraction of sp³-hybridized carbons (Fsp3) is 0.672. The molecule has 0 aliphatic heterocycles. The molecule has 71 heavy (non-hydrogen) atoms. The predicted octanol–water partition coefficient (Wildman–Crippen LogP) is 16.8. The van der Waals surface area contributed by atoms with Gasteiger partial charge in [0.1, 0.15) is 19.8 Å². The van der Waals surface area contributed by atoms with E-state index in [-0.39, 0.29) is 32.0 Å². The lowest BCUT2D eigenvalue weighted by Gasteiger charge is -2.28. The third kappa shape index (κ3) is 55.8. The molecule has 0 aliphatic carbocycles. The Kier molecular flexibility index (Phi) is 49.1. The van der Waals surface area contributed by atoms with Crippen molar-refractivity contribution < 1.29 is 42.1 Å². The molecule has 0 aliphatic rings. The van der Waals surface area contributed by atoms with Gasteiger partial charge in [-0.3, -0.25) is 14.2 Å². The predicted molar refractivity (Wildman–Crippen MR) is 300 cm³/mol. The van der Waals surface area contributed by atoms with Crippen molar-refractivity contribution in [3.05, 3.63) is 109 Å². The second kappa shape index (κ2) is 51.6. The molecular weight excluding hydrogens is 906 g/mol. The molecule has 406 valence electrons. The summed E-state index contributed by atoms with van der Waals surface area (Å²) in [5.74, 6) is -0.851. The first-order valence-electron chi connectivity index (χ1n) is 28.1. The van der Waals surface area contributed by atoms with E-state index in [1.54, 1.807) is 0 Å². The molecule has 0 aromatic heterocycles. The third-order valence-electron chi connectivity index (χ3n) is 11.6. The first-order valence-corrected chi connectivity index (χ1v) is 29.6. The van der Waals surface area contributed by atoms with E-state index in [1.807, 2.05) is 21.1 Å². The lowest BCUT2D eigenvalue weighted by molar-refractivity contribution is -0.870. The number of likely N-dealkylation sites (N-methyl/N-ethyl adjacent to an activating group) is 1. The Labute approximate surface area is 436 Å². The van der Waals surface area contributed by atoms with Gasteiger partial charge in [0.05, 0.1) is 27.7 Å². The van der Waals surface area contributed by atoms with Crippen LogP contribution in [-0.2, 0) is 32.7 Å². The fourth-order valence-electron chi connectivity index (χ4n) is 7.24.